The van der Waals surface area contributed by atoms with Gasteiger partial charge in [-0.1, -0.05) is 0 Å². The fourth-order valence-electron chi connectivity index (χ4n) is 0.330. The van der Waals surface area contributed by atoms with Crippen molar-refractivity contribution in [2.24, 2.45) is 0 Å². The average molecular weight is 283 g/mol. The normalized spacial score (nSPS) is 7.62. The van der Waals surface area contributed by atoms with Crippen molar-refractivity contribution in [3.63, 3.8) is 0 Å². The predicted molar refractivity (Wildman–Crippen MR) is 24.1 cm³/mol. The van der Waals surface area contributed by atoms with Crippen molar-refractivity contribution in [3.8, 4) is 5.88 Å². The molecule has 4 heteroatoms. The minimum atomic E-state index is 0. The Labute approximate surface area is 61.1 Å². The van der Waals surface area contributed by atoms with Gasteiger partial charge in [-0.25, -0.2) is 0 Å². The first-order valence-electron chi connectivity index (χ1n) is 1.92. The molecule has 0 saturated heterocycles. The van der Waals surface area contributed by atoms with Gasteiger partial charge in [0.25, 0.3) is 0 Å². The Morgan fingerprint density at radius 2 is 2.50 bits per heavy atom. The summed E-state index contributed by atoms with van der Waals surface area (Å²) in [7, 11) is 1.56. The Morgan fingerprint density at radius 1 is 1.75 bits per heavy atom. The van der Waals surface area contributed by atoms with Crippen molar-refractivity contribution in [2.75, 3.05) is 7.11 Å². The molecule has 0 spiro atoms. The third-order valence-electron chi connectivity index (χ3n) is 0.649. The maximum Gasteiger partial charge on any atom is 0.191 e. The number of aromatic nitrogens is 2. The molecule has 0 N–H and O–H groups in total. The van der Waals surface area contributed by atoms with E-state index in [-0.39, 0.29) is 20.4 Å². The molecule has 0 fully saturated rings. The topological polar surface area (TPSA) is 36.2 Å². The maximum absolute atomic E-state index is 4.68. The maximum atomic E-state index is 4.68. The zero-order valence-electron chi connectivity index (χ0n) is 4.34. The summed E-state index contributed by atoms with van der Waals surface area (Å²) >= 11 is 0. The van der Waals surface area contributed by atoms with E-state index in [0.717, 1.165) is 0 Å². The van der Waals surface area contributed by atoms with Gasteiger partial charge < -0.3 is 14.9 Å². The smallest absolute Gasteiger partial charge is 0.191 e. The van der Waals surface area contributed by atoms with Crippen LogP contribution in [-0.2, 0) is 20.4 Å². The van der Waals surface area contributed by atoms with Gasteiger partial charge in [0.05, 0.1) is 7.11 Å². The Bertz CT molecular complexity index is 129. The van der Waals surface area contributed by atoms with Gasteiger partial charge in [0.1, 0.15) is 0 Å². The van der Waals surface area contributed by atoms with Crippen LogP contribution in [0.5, 0.6) is 5.88 Å². The molecular formula is C4H5N2ORe-. The van der Waals surface area contributed by atoms with Crippen LogP contribution in [0.3, 0.4) is 0 Å². The molecule has 1 rings (SSSR count). The Morgan fingerprint density at radius 3 is 2.75 bits per heavy atom. The van der Waals surface area contributed by atoms with Crippen molar-refractivity contribution < 1.29 is 25.2 Å². The molecule has 0 aliphatic carbocycles. The van der Waals surface area contributed by atoms with Crippen LogP contribution in [0.25, 0.3) is 0 Å². The fraction of sp³-hybridized carbons (Fsp3) is 0.250. The number of ether oxygens (including phenoxy) is 1. The molecular weight excluding hydrogens is 278 g/mol. The standard InChI is InChI=1S/C4H5N2O.Re/c1-7-4-2-3-5-6-4;/h2-3H,1H3;/q-1;. The van der Waals surface area contributed by atoms with Gasteiger partial charge in [-0.2, -0.15) is 6.20 Å². The Kier molecular flexibility index (Phi) is 3.50. The van der Waals surface area contributed by atoms with E-state index in [1.807, 2.05) is 0 Å². The Hall–Kier alpha value is -0.328. The summed E-state index contributed by atoms with van der Waals surface area (Å²) in [5.74, 6) is 0.569. The second-order valence-electron chi connectivity index (χ2n) is 1.07. The summed E-state index contributed by atoms with van der Waals surface area (Å²) < 4.78 is 4.68. The third kappa shape index (κ3) is 1.65. The third-order valence-corrected chi connectivity index (χ3v) is 0.649. The quantitative estimate of drug-likeness (QED) is 0.730. The van der Waals surface area contributed by atoms with Crippen LogP contribution in [0.1, 0.15) is 0 Å². The molecule has 1 radical (unpaired) electrons. The molecule has 1 aromatic heterocycles. The molecule has 0 saturated carbocycles. The van der Waals surface area contributed by atoms with Crippen molar-refractivity contribution in [1.29, 1.82) is 0 Å². The molecule has 0 unspecified atom stereocenters. The van der Waals surface area contributed by atoms with Crippen LogP contribution in [0, 0.1) is 0 Å². The Balaban J connectivity index is 0.000000490. The van der Waals surface area contributed by atoms with Gasteiger partial charge >= 0.3 is 0 Å². The van der Waals surface area contributed by atoms with E-state index >= 15 is 0 Å². The van der Waals surface area contributed by atoms with Crippen LogP contribution >= 0.6 is 0 Å². The summed E-state index contributed by atoms with van der Waals surface area (Å²) in [6.07, 6.45) is 1.58. The molecule has 45 valence electrons. The zero-order chi connectivity index (χ0) is 5.11. The minimum absolute atomic E-state index is 0. The van der Waals surface area contributed by atoms with E-state index in [4.69, 9.17) is 0 Å². The van der Waals surface area contributed by atoms with Gasteiger partial charge in [-0.05, 0) is 6.07 Å². The molecule has 0 amide bonds. The number of methoxy groups -OCH3 is 1. The average Bonchev–Trinajstić information content (AvgIpc) is 2.14. The second kappa shape index (κ2) is 3.65. The molecule has 1 aromatic rings. The van der Waals surface area contributed by atoms with Crippen molar-refractivity contribution in [1.82, 2.24) is 10.2 Å². The van der Waals surface area contributed by atoms with E-state index in [0.29, 0.717) is 5.88 Å². The fourth-order valence-corrected chi connectivity index (χ4v) is 0.330. The number of hydrogen-bond donors (Lipinski definition) is 0. The van der Waals surface area contributed by atoms with Crippen molar-refractivity contribution in [3.05, 3.63) is 12.3 Å². The van der Waals surface area contributed by atoms with E-state index in [2.05, 4.69) is 14.9 Å². The van der Waals surface area contributed by atoms with Gasteiger partial charge in [-0.15, -0.1) is 0 Å². The van der Waals surface area contributed by atoms with Crippen LogP contribution in [0.4, 0.5) is 0 Å². The van der Waals surface area contributed by atoms with Crippen LogP contribution in [0.2, 0.25) is 0 Å². The van der Waals surface area contributed by atoms with Crippen LogP contribution < -0.4 is 9.84 Å². The van der Waals surface area contributed by atoms with Gasteiger partial charge in [-0.3, -0.25) is 0 Å². The minimum Gasteiger partial charge on any atom is -0.579 e. The van der Waals surface area contributed by atoms with Gasteiger partial charge in [0.2, 0.25) is 0 Å². The van der Waals surface area contributed by atoms with Crippen molar-refractivity contribution in [2.45, 2.75) is 0 Å². The van der Waals surface area contributed by atoms with Crippen molar-refractivity contribution >= 4 is 0 Å². The SMILES string of the molecule is COc1cc[n-]n1.[Re]. The molecule has 0 aromatic carbocycles. The largest absolute Gasteiger partial charge is 0.579 e. The zero-order valence-corrected chi connectivity index (χ0v) is 7.05. The number of rotatable bonds is 1. The van der Waals surface area contributed by atoms with Gasteiger partial charge in [0.15, 0.2) is 5.88 Å². The van der Waals surface area contributed by atoms with E-state index in [1.165, 1.54) is 0 Å². The summed E-state index contributed by atoms with van der Waals surface area (Å²) in [6, 6.07) is 1.69. The monoisotopic (exact) mass is 284 g/mol. The molecule has 0 aliphatic rings. The second-order valence-corrected chi connectivity index (χ2v) is 1.07. The summed E-state index contributed by atoms with van der Waals surface area (Å²) in [5, 5.41) is 7.08. The summed E-state index contributed by atoms with van der Waals surface area (Å²) in [6.45, 7) is 0. The predicted octanol–water partition coefficient (Wildman–Crippen LogP) is 0.0449. The molecule has 3 nitrogen and oxygen atoms in total. The van der Waals surface area contributed by atoms with E-state index < -0.39 is 0 Å². The summed E-state index contributed by atoms with van der Waals surface area (Å²) in [4.78, 5) is 0. The molecule has 0 aliphatic heterocycles. The van der Waals surface area contributed by atoms with E-state index in [1.54, 1.807) is 19.4 Å². The molecule has 8 heavy (non-hydrogen) atoms. The van der Waals surface area contributed by atoms with Crippen LogP contribution in [0.15, 0.2) is 12.3 Å². The van der Waals surface area contributed by atoms with Crippen LogP contribution in [-0.4, -0.2) is 12.2 Å². The number of nitrogens with zero attached hydrogens (tertiary/aromatic N) is 2. The molecule has 0 atom stereocenters. The summed E-state index contributed by atoms with van der Waals surface area (Å²) in [5.41, 5.74) is 0. The first-order chi connectivity index (χ1) is 3.43. The van der Waals surface area contributed by atoms with E-state index in [9.17, 15) is 0 Å². The first kappa shape index (κ1) is 7.67. The first-order valence-corrected chi connectivity index (χ1v) is 1.92. The molecule has 1 heterocycles. The van der Waals surface area contributed by atoms with Gasteiger partial charge in [0, 0.05) is 20.4 Å². The molecule has 0 bridgehead atoms. The number of hydrogen-bond acceptors (Lipinski definition) is 2.